The number of sulfonamides is 1. The van der Waals surface area contributed by atoms with Crippen molar-refractivity contribution in [3.63, 3.8) is 0 Å². The number of piperidine rings is 1. The standard InChI is InChI=1S/C22H22ClNO2S/c1-22(2)17-24(27(25,26)21-12-4-3-5-13-21)15-14-19(22)10-6-8-18-9-7-11-20(23)16-18/h3-5,7,9-13,16H,14-15,17H2,1-2H3/b19-10+. The lowest BCUT2D eigenvalue weighted by Crippen LogP contribution is -2.44. The molecule has 1 fully saturated rings. The van der Waals surface area contributed by atoms with Crippen LogP contribution in [-0.2, 0) is 10.0 Å². The molecule has 27 heavy (non-hydrogen) atoms. The van der Waals surface area contributed by atoms with E-state index in [1.807, 2.05) is 36.4 Å². The van der Waals surface area contributed by atoms with Gasteiger partial charge < -0.3 is 0 Å². The zero-order valence-corrected chi connectivity index (χ0v) is 17.0. The highest BCUT2D eigenvalue weighted by Gasteiger charge is 2.36. The molecule has 1 saturated heterocycles. The van der Waals surface area contributed by atoms with Crippen LogP contribution in [0.25, 0.3) is 0 Å². The van der Waals surface area contributed by atoms with Crippen LogP contribution in [0, 0.1) is 17.3 Å². The second kappa shape index (κ2) is 7.90. The van der Waals surface area contributed by atoms with E-state index in [1.165, 1.54) is 0 Å². The second-order valence-corrected chi connectivity index (χ2v) is 9.61. The molecule has 0 aromatic heterocycles. The second-order valence-electron chi connectivity index (χ2n) is 7.23. The lowest BCUT2D eigenvalue weighted by molar-refractivity contribution is 0.254. The summed E-state index contributed by atoms with van der Waals surface area (Å²) in [5.74, 6) is 6.20. The van der Waals surface area contributed by atoms with Crippen molar-refractivity contribution in [1.82, 2.24) is 4.31 Å². The van der Waals surface area contributed by atoms with Crippen LogP contribution in [0.4, 0.5) is 0 Å². The third-order valence-electron chi connectivity index (χ3n) is 4.74. The molecule has 0 atom stereocenters. The van der Waals surface area contributed by atoms with Crippen molar-refractivity contribution in [2.24, 2.45) is 5.41 Å². The first-order valence-electron chi connectivity index (χ1n) is 8.81. The Labute approximate surface area is 166 Å². The van der Waals surface area contributed by atoms with Crippen molar-refractivity contribution in [1.29, 1.82) is 0 Å². The Morgan fingerprint density at radius 1 is 1.11 bits per heavy atom. The molecule has 1 aliphatic heterocycles. The monoisotopic (exact) mass is 399 g/mol. The number of allylic oxidation sites excluding steroid dienone is 1. The van der Waals surface area contributed by atoms with E-state index in [2.05, 4.69) is 25.7 Å². The number of rotatable bonds is 2. The number of hydrogen-bond acceptors (Lipinski definition) is 2. The summed E-state index contributed by atoms with van der Waals surface area (Å²) >= 11 is 5.98. The maximum atomic E-state index is 12.9. The summed E-state index contributed by atoms with van der Waals surface area (Å²) in [6.07, 6.45) is 2.59. The molecule has 1 heterocycles. The summed E-state index contributed by atoms with van der Waals surface area (Å²) in [6, 6.07) is 16.0. The van der Waals surface area contributed by atoms with Crippen LogP contribution in [-0.4, -0.2) is 25.8 Å². The minimum atomic E-state index is -3.47. The van der Waals surface area contributed by atoms with Gasteiger partial charge in [-0.3, -0.25) is 0 Å². The molecule has 2 aromatic carbocycles. The Morgan fingerprint density at radius 2 is 1.85 bits per heavy atom. The molecule has 1 aliphatic rings. The molecule has 0 aliphatic carbocycles. The highest BCUT2D eigenvalue weighted by molar-refractivity contribution is 7.89. The Hall–Kier alpha value is -2.06. The molecule has 0 amide bonds. The van der Waals surface area contributed by atoms with Crippen molar-refractivity contribution in [3.05, 3.63) is 76.8 Å². The first kappa shape index (κ1) is 19.7. The molecule has 5 heteroatoms. The Bertz CT molecular complexity index is 1020. The fourth-order valence-electron chi connectivity index (χ4n) is 3.19. The van der Waals surface area contributed by atoms with E-state index in [-0.39, 0.29) is 5.41 Å². The Kier molecular flexibility index (Phi) is 5.76. The van der Waals surface area contributed by atoms with E-state index < -0.39 is 10.0 Å². The third-order valence-corrected chi connectivity index (χ3v) is 6.83. The normalized spacial score (nSPS) is 18.7. The summed E-state index contributed by atoms with van der Waals surface area (Å²) in [5.41, 5.74) is 1.75. The van der Waals surface area contributed by atoms with Gasteiger partial charge in [-0.15, -0.1) is 0 Å². The summed E-state index contributed by atoms with van der Waals surface area (Å²) in [7, 11) is -3.47. The molecule has 0 radical (unpaired) electrons. The lowest BCUT2D eigenvalue weighted by Gasteiger charge is -2.39. The van der Waals surface area contributed by atoms with Crippen molar-refractivity contribution >= 4 is 21.6 Å². The van der Waals surface area contributed by atoms with Crippen LogP contribution in [0.1, 0.15) is 25.8 Å². The SMILES string of the molecule is CC1(C)CN(S(=O)(=O)c2ccccc2)CC/C1=C\C#Cc1cccc(Cl)c1. The van der Waals surface area contributed by atoms with Gasteiger partial charge in [-0.1, -0.05) is 67.1 Å². The number of benzene rings is 2. The fourth-order valence-corrected chi connectivity index (χ4v) is 5.01. The predicted molar refractivity (Wildman–Crippen MR) is 110 cm³/mol. The van der Waals surface area contributed by atoms with Gasteiger partial charge in [0.1, 0.15) is 0 Å². The van der Waals surface area contributed by atoms with Gasteiger partial charge in [0.25, 0.3) is 0 Å². The Morgan fingerprint density at radius 3 is 2.52 bits per heavy atom. The van der Waals surface area contributed by atoms with Crippen LogP contribution in [0.15, 0.2) is 71.1 Å². The molecular weight excluding hydrogens is 378 g/mol. The van der Waals surface area contributed by atoms with Crippen LogP contribution in [0.3, 0.4) is 0 Å². The van der Waals surface area contributed by atoms with Crippen LogP contribution in [0.2, 0.25) is 5.02 Å². The minimum Gasteiger partial charge on any atom is -0.207 e. The van der Waals surface area contributed by atoms with E-state index in [9.17, 15) is 8.42 Å². The Balaban J connectivity index is 1.78. The first-order valence-corrected chi connectivity index (χ1v) is 10.6. The van der Waals surface area contributed by atoms with Crippen LogP contribution < -0.4 is 0 Å². The lowest BCUT2D eigenvalue weighted by atomic mass is 9.79. The highest BCUT2D eigenvalue weighted by Crippen LogP contribution is 2.36. The molecule has 0 saturated carbocycles. The summed E-state index contributed by atoms with van der Waals surface area (Å²) in [5, 5.41) is 0.661. The van der Waals surface area contributed by atoms with Gasteiger partial charge in [-0.25, -0.2) is 8.42 Å². The van der Waals surface area contributed by atoms with E-state index in [4.69, 9.17) is 11.6 Å². The predicted octanol–water partition coefficient (Wildman–Crippen LogP) is 4.74. The smallest absolute Gasteiger partial charge is 0.207 e. The molecule has 3 nitrogen and oxygen atoms in total. The van der Waals surface area contributed by atoms with Gasteiger partial charge in [-0.05, 0) is 42.8 Å². The van der Waals surface area contributed by atoms with Crippen LogP contribution in [0.5, 0.6) is 0 Å². The van der Waals surface area contributed by atoms with E-state index in [0.29, 0.717) is 29.4 Å². The van der Waals surface area contributed by atoms with Crippen molar-refractivity contribution in [2.45, 2.75) is 25.2 Å². The van der Waals surface area contributed by atoms with Gasteiger partial charge in [0, 0.05) is 29.1 Å². The number of hydrogen-bond donors (Lipinski definition) is 0. The van der Waals surface area contributed by atoms with Gasteiger partial charge in [0.2, 0.25) is 10.0 Å². The molecule has 0 spiro atoms. The zero-order valence-electron chi connectivity index (χ0n) is 15.4. The molecule has 140 valence electrons. The van der Waals surface area contributed by atoms with Crippen LogP contribution >= 0.6 is 11.6 Å². The average molecular weight is 400 g/mol. The van der Waals surface area contributed by atoms with Gasteiger partial charge in [0.15, 0.2) is 0 Å². The van der Waals surface area contributed by atoms with E-state index in [1.54, 1.807) is 28.6 Å². The highest BCUT2D eigenvalue weighted by atomic mass is 35.5. The third kappa shape index (κ3) is 4.62. The van der Waals surface area contributed by atoms with Crippen molar-refractivity contribution in [2.75, 3.05) is 13.1 Å². The first-order chi connectivity index (χ1) is 12.8. The van der Waals surface area contributed by atoms with Crippen molar-refractivity contribution in [3.8, 4) is 11.8 Å². The maximum absolute atomic E-state index is 12.9. The topological polar surface area (TPSA) is 37.4 Å². The average Bonchev–Trinajstić information content (AvgIpc) is 2.63. The number of nitrogens with zero attached hydrogens (tertiary/aromatic N) is 1. The van der Waals surface area contributed by atoms with E-state index >= 15 is 0 Å². The molecular formula is C22H22ClNO2S. The molecule has 0 bridgehead atoms. The molecule has 0 N–H and O–H groups in total. The number of halogens is 1. The maximum Gasteiger partial charge on any atom is 0.243 e. The summed E-state index contributed by atoms with van der Waals surface area (Å²) in [6.45, 7) is 5.03. The summed E-state index contributed by atoms with van der Waals surface area (Å²) < 4.78 is 27.3. The molecule has 3 rings (SSSR count). The quantitative estimate of drug-likeness (QED) is 0.684. The molecule has 2 aromatic rings. The van der Waals surface area contributed by atoms with Crippen molar-refractivity contribution < 1.29 is 8.42 Å². The fraction of sp³-hybridized carbons (Fsp3) is 0.273. The summed E-state index contributed by atoms with van der Waals surface area (Å²) in [4.78, 5) is 0.342. The zero-order chi connectivity index (χ0) is 19.5. The molecule has 0 unspecified atom stereocenters. The van der Waals surface area contributed by atoms with Gasteiger partial charge in [-0.2, -0.15) is 4.31 Å². The van der Waals surface area contributed by atoms with E-state index in [0.717, 1.165) is 11.1 Å². The van der Waals surface area contributed by atoms with Gasteiger partial charge in [0.05, 0.1) is 4.90 Å². The van der Waals surface area contributed by atoms with Gasteiger partial charge >= 0.3 is 0 Å². The minimum absolute atomic E-state index is 0.275. The largest absolute Gasteiger partial charge is 0.243 e.